The zero-order chi connectivity index (χ0) is 13.5. The van der Waals surface area contributed by atoms with Gasteiger partial charge in [-0.2, -0.15) is 0 Å². The van der Waals surface area contributed by atoms with Crippen molar-refractivity contribution in [2.24, 2.45) is 5.92 Å². The number of nitrogens with zero attached hydrogens (tertiary/aromatic N) is 1. The molecule has 1 aromatic rings. The SMILES string of the molecule is CCC(C)CN(C)C(=O)CCc1cccc(N)c1. The van der Waals surface area contributed by atoms with E-state index in [1.54, 1.807) is 0 Å². The van der Waals surface area contributed by atoms with Crippen LogP contribution in [0.2, 0.25) is 0 Å². The fraction of sp³-hybridized carbons (Fsp3) is 0.533. The Kier molecular flexibility index (Phi) is 5.69. The molecule has 0 aliphatic rings. The molecule has 3 heteroatoms. The summed E-state index contributed by atoms with van der Waals surface area (Å²) in [6.45, 7) is 5.16. The van der Waals surface area contributed by atoms with Crippen LogP contribution in [0, 0.1) is 5.92 Å². The lowest BCUT2D eigenvalue weighted by Gasteiger charge is -2.20. The van der Waals surface area contributed by atoms with Crippen LogP contribution in [0.15, 0.2) is 24.3 Å². The Labute approximate surface area is 110 Å². The maximum atomic E-state index is 11.9. The van der Waals surface area contributed by atoms with Crippen LogP contribution in [-0.2, 0) is 11.2 Å². The highest BCUT2D eigenvalue weighted by molar-refractivity contribution is 5.76. The molecule has 0 radical (unpaired) electrons. The van der Waals surface area contributed by atoms with Gasteiger partial charge >= 0.3 is 0 Å². The molecule has 0 heterocycles. The normalized spacial score (nSPS) is 12.2. The lowest BCUT2D eigenvalue weighted by molar-refractivity contribution is -0.130. The van der Waals surface area contributed by atoms with Gasteiger partial charge in [-0.05, 0) is 30.0 Å². The summed E-state index contributed by atoms with van der Waals surface area (Å²) in [7, 11) is 1.88. The summed E-state index contributed by atoms with van der Waals surface area (Å²) in [6.07, 6.45) is 2.41. The average molecular weight is 248 g/mol. The van der Waals surface area contributed by atoms with Gasteiger partial charge in [0.25, 0.3) is 0 Å². The molecule has 0 fully saturated rings. The molecule has 0 aliphatic carbocycles. The summed E-state index contributed by atoms with van der Waals surface area (Å²) in [5.74, 6) is 0.768. The molecule has 18 heavy (non-hydrogen) atoms. The van der Waals surface area contributed by atoms with Crippen molar-refractivity contribution in [3.63, 3.8) is 0 Å². The first-order valence-electron chi connectivity index (χ1n) is 6.61. The Bertz CT molecular complexity index is 390. The van der Waals surface area contributed by atoms with Crippen LogP contribution in [0.4, 0.5) is 5.69 Å². The fourth-order valence-corrected chi connectivity index (χ4v) is 1.89. The first-order valence-corrected chi connectivity index (χ1v) is 6.61. The Morgan fingerprint density at radius 3 is 2.78 bits per heavy atom. The number of hydrogen-bond donors (Lipinski definition) is 1. The summed E-state index contributed by atoms with van der Waals surface area (Å²) in [6, 6.07) is 7.73. The number of amides is 1. The zero-order valence-corrected chi connectivity index (χ0v) is 11.6. The van der Waals surface area contributed by atoms with Crippen LogP contribution >= 0.6 is 0 Å². The van der Waals surface area contributed by atoms with E-state index in [9.17, 15) is 4.79 Å². The van der Waals surface area contributed by atoms with Crippen molar-refractivity contribution in [3.05, 3.63) is 29.8 Å². The van der Waals surface area contributed by atoms with Crippen LogP contribution in [0.25, 0.3) is 0 Å². The molecular formula is C15H24N2O. The number of benzene rings is 1. The van der Waals surface area contributed by atoms with Gasteiger partial charge in [0, 0.05) is 25.7 Å². The lowest BCUT2D eigenvalue weighted by Crippen LogP contribution is -2.31. The standard InChI is InChI=1S/C15H24N2O/c1-4-12(2)11-17(3)15(18)9-8-13-6-5-7-14(16)10-13/h5-7,10,12H,4,8-9,11,16H2,1-3H3. The first kappa shape index (κ1) is 14.6. The minimum Gasteiger partial charge on any atom is -0.399 e. The van der Waals surface area contributed by atoms with E-state index < -0.39 is 0 Å². The number of nitrogen functional groups attached to an aromatic ring is 1. The van der Waals surface area contributed by atoms with Crippen molar-refractivity contribution < 1.29 is 4.79 Å². The van der Waals surface area contributed by atoms with Crippen LogP contribution < -0.4 is 5.73 Å². The molecule has 3 nitrogen and oxygen atoms in total. The lowest BCUT2D eigenvalue weighted by atomic mass is 10.1. The number of hydrogen-bond acceptors (Lipinski definition) is 2. The van der Waals surface area contributed by atoms with E-state index in [-0.39, 0.29) is 5.91 Å². The highest BCUT2D eigenvalue weighted by Crippen LogP contribution is 2.10. The Balaban J connectivity index is 2.41. The zero-order valence-electron chi connectivity index (χ0n) is 11.6. The minimum absolute atomic E-state index is 0.206. The number of carbonyl (C=O) groups excluding carboxylic acids is 1. The smallest absolute Gasteiger partial charge is 0.222 e. The topological polar surface area (TPSA) is 46.3 Å². The van der Waals surface area contributed by atoms with Crippen molar-refractivity contribution in [3.8, 4) is 0 Å². The van der Waals surface area contributed by atoms with E-state index >= 15 is 0 Å². The van der Waals surface area contributed by atoms with Gasteiger partial charge in [-0.3, -0.25) is 4.79 Å². The van der Waals surface area contributed by atoms with Crippen LogP contribution in [0.3, 0.4) is 0 Å². The van der Waals surface area contributed by atoms with Crippen LogP contribution in [0.5, 0.6) is 0 Å². The third kappa shape index (κ3) is 4.78. The highest BCUT2D eigenvalue weighted by Gasteiger charge is 2.11. The molecule has 1 rings (SSSR count). The van der Waals surface area contributed by atoms with Gasteiger partial charge in [0.2, 0.25) is 5.91 Å². The van der Waals surface area contributed by atoms with E-state index in [4.69, 9.17) is 5.73 Å². The first-order chi connectivity index (χ1) is 8.52. The van der Waals surface area contributed by atoms with Crippen molar-refractivity contribution in [1.82, 2.24) is 4.90 Å². The molecule has 1 atom stereocenters. The fourth-order valence-electron chi connectivity index (χ4n) is 1.89. The maximum Gasteiger partial charge on any atom is 0.222 e. The van der Waals surface area contributed by atoms with Crippen LogP contribution in [-0.4, -0.2) is 24.4 Å². The van der Waals surface area contributed by atoms with E-state index in [1.807, 2.05) is 36.2 Å². The Hall–Kier alpha value is -1.51. The maximum absolute atomic E-state index is 11.9. The Morgan fingerprint density at radius 1 is 1.44 bits per heavy atom. The largest absolute Gasteiger partial charge is 0.399 e. The van der Waals surface area contributed by atoms with E-state index in [2.05, 4.69) is 13.8 Å². The summed E-state index contributed by atoms with van der Waals surface area (Å²) in [5.41, 5.74) is 7.60. The molecule has 1 amide bonds. The molecule has 0 aliphatic heterocycles. The van der Waals surface area contributed by atoms with Crippen molar-refractivity contribution >= 4 is 11.6 Å². The predicted molar refractivity (Wildman–Crippen MR) is 76.3 cm³/mol. The summed E-state index contributed by atoms with van der Waals surface area (Å²) in [4.78, 5) is 13.8. The monoisotopic (exact) mass is 248 g/mol. The van der Waals surface area contributed by atoms with Gasteiger partial charge in [-0.1, -0.05) is 32.4 Å². The second-order valence-electron chi connectivity index (χ2n) is 5.03. The van der Waals surface area contributed by atoms with Gasteiger partial charge in [0.05, 0.1) is 0 Å². The number of nitrogens with two attached hydrogens (primary N) is 1. The number of rotatable bonds is 6. The van der Waals surface area contributed by atoms with Crippen molar-refractivity contribution in [2.45, 2.75) is 33.1 Å². The van der Waals surface area contributed by atoms with E-state index in [1.165, 1.54) is 0 Å². The highest BCUT2D eigenvalue weighted by atomic mass is 16.2. The molecular weight excluding hydrogens is 224 g/mol. The molecule has 1 unspecified atom stereocenters. The van der Waals surface area contributed by atoms with Gasteiger partial charge in [0.1, 0.15) is 0 Å². The minimum atomic E-state index is 0.206. The van der Waals surface area contributed by atoms with E-state index in [0.29, 0.717) is 12.3 Å². The van der Waals surface area contributed by atoms with Gasteiger partial charge in [-0.25, -0.2) is 0 Å². The van der Waals surface area contributed by atoms with Crippen molar-refractivity contribution in [2.75, 3.05) is 19.3 Å². The average Bonchev–Trinajstić information content (AvgIpc) is 2.35. The van der Waals surface area contributed by atoms with Crippen molar-refractivity contribution in [1.29, 1.82) is 0 Å². The van der Waals surface area contributed by atoms with Gasteiger partial charge < -0.3 is 10.6 Å². The molecule has 2 N–H and O–H groups in total. The summed E-state index contributed by atoms with van der Waals surface area (Å²) < 4.78 is 0. The van der Waals surface area contributed by atoms with Crippen LogP contribution in [0.1, 0.15) is 32.3 Å². The molecule has 0 aromatic heterocycles. The Morgan fingerprint density at radius 2 is 2.17 bits per heavy atom. The number of aryl methyl sites for hydroxylation is 1. The van der Waals surface area contributed by atoms with E-state index in [0.717, 1.165) is 30.6 Å². The number of carbonyl (C=O) groups is 1. The number of anilines is 1. The second kappa shape index (κ2) is 7.04. The summed E-state index contributed by atoms with van der Waals surface area (Å²) >= 11 is 0. The molecule has 100 valence electrons. The van der Waals surface area contributed by atoms with Gasteiger partial charge in [-0.15, -0.1) is 0 Å². The summed E-state index contributed by atoms with van der Waals surface area (Å²) in [5, 5.41) is 0. The quantitative estimate of drug-likeness (QED) is 0.787. The molecule has 0 spiro atoms. The molecule has 0 bridgehead atoms. The molecule has 0 saturated heterocycles. The molecule has 0 saturated carbocycles. The molecule has 1 aromatic carbocycles. The third-order valence-corrected chi connectivity index (χ3v) is 3.29. The second-order valence-corrected chi connectivity index (χ2v) is 5.03. The third-order valence-electron chi connectivity index (χ3n) is 3.29. The predicted octanol–water partition coefficient (Wildman–Crippen LogP) is 2.71. The van der Waals surface area contributed by atoms with Gasteiger partial charge in [0.15, 0.2) is 0 Å².